The van der Waals surface area contributed by atoms with Gasteiger partial charge >= 0.3 is 0 Å². The number of hydrogen-bond donors (Lipinski definition) is 0. The summed E-state index contributed by atoms with van der Waals surface area (Å²) < 4.78 is 158. The van der Waals surface area contributed by atoms with Crippen molar-refractivity contribution in [1.29, 1.82) is 0 Å². The van der Waals surface area contributed by atoms with Crippen molar-refractivity contribution in [3.8, 4) is 33.4 Å². The molecular formula is C40H26. The monoisotopic (exact) mass is 524 g/mol. The molecule has 0 aliphatic rings. The van der Waals surface area contributed by atoms with E-state index in [0.717, 1.165) is 0 Å². The summed E-state index contributed by atoms with van der Waals surface area (Å²) in [6, 6.07) is 2.03. The van der Waals surface area contributed by atoms with Crippen LogP contribution < -0.4 is 0 Å². The summed E-state index contributed by atoms with van der Waals surface area (Å²) in [4.78, 5) is 0. The Hall–Kier alpha value is -5.20. The molecule has 8 rings (SSSR count). The van der Waals surface area contributed by atoms with E-state index < -0.39 is 125 Å². The third-order valence-electron chi connectivity index (χ3n) is 6.87. The van der Waals surface area contributed by atoms with Gasteiger partial charge in [0.05, 0.1) is 24.7 Å². The second-order valence-electron chi connectivity index (χ2n) is 9.09. The Morgan fingerprint density at radius 2 is 0.900 bits per heavy atom. The Kier molecular flexibility index (Phi) is 2.56. The Morgan fingerprint density at radius 1 is 0.350 bits per heavy atom. The van der Waals surface area contributed by atoms with Crippen molar-refractivity contribution < 1.29 is 24.7 Å². The van der Waals surface area contributed by atoms with Crippen molar-refractivity contribution in [1.82, 2.24) is 0 Å². The first kappa shape index (κ1) is 11.1. The predicted octanol–water partition coefficient (Wildman–Crippen LogP) is 11.3. The van der Waals surface area contributed by atoms with Gasteiger partial charge in [0.2, 0.25) is 0 Å². The topological polar surface area (TPSA) is 0 Å². The van der Waals surface area contributed by atoms with Crippen molar-refractivity contribution in [3.63, 3.8) is 0 Å². The molecule has 0 aliphatic heterocycles. The number of hydrogen-bond acceptors (Lipinski definition) is 0. The first-order valence-corrected chi connectivity index (χ1v) is 12.4. The minimum absolute atomic E-state index is 0.0519. The lowest BCUT2D eigenvalue weighted by atomic mass is 9.84. The van der Waals surface area contributed by atoms with E-state index in [0.29, 0.717) is 21.5 Å². The Morgan fingerprint density at radius 3 is 1.65 bits per heavy atom. The lowest BCUT2D eigenvalue weighted by molar-refractivity contribution is 1.63. The van der Waals surface area contributed by atoms with Crippen LogP contribution in [0.1, 0.15) is 24.7 Å². The molecule has 0 N–H and O–H groups in total. The van der Waals surface area contributed by atoms with Gasteiger partial charge in [-0.2, -0.15) is 0 Å². The minimum atomic E-state index is -0.721. The van der Waals surface area contributed by atoms with Crippen LogP contribution in [0.5, 0.6) is 0 Å². The van der Waals surface area contributed by atoms with Gasteiger partial charge in [0, 0.05) is 0 Å². The van der Waals surface area contributed by atoms with Crippen LogP contribution in [-0.4, -0.2) is 0 Å². The van der Waals surface area contributed by atoms with Crippen LogP contribution in [0, 0.1) is 0 Å². The van der Waals surface area contributed by atoms with Crippen LogP contribution in [0.25, 0.3) is 76.5 Å². The van der Waals surface area contributed by atoms with Crippen molar-refractivity contribution in [3.05, 3.63) is 157 Å². The fraction of sp³-hybridized carbons (Fsp3) is 0. The van der Waals surface area contributed by atoms with Crippen LogP contribution in [0.3, 0.4) is 0 Å². The summed E-state index contributed by atoms with van der Waals surface area (Å²) >= 11 is 0. The molecule has 0 aliphatic carbocycles. The molecule has 0 radical (unpaired) electrons. The first-order chi connectivity index (χ1) is 27.4. The molecular weight excluding hydrogens is 480 g/mol. The molecule has 0 aromatic heterocycles. The van der Waals surface area contributed by atoms with Crippen LogP contribution in [0.15, 0.2) is 157 Å². The van der Waals surface area contributed by atoms with E-state index in [1.807, 2.05) is 0 Å². The SMILES string of the molecule is [2H]c1c([2H])c(-c2c([2H])c([2H])c3c([2H])c([2H])c([2H])c([2H])c3c2[2H])c([2H])c(-c2c3ccccc3c(-c3c([2H])c([2H])c([2H])c4c([2H])c([2H])c([2H])c([2H])c34)c3ccccc23)c1[2H]. The molecule has 40 heavy (non-hydrogen) atoms. The maximum absolute atomic E-state index is 9.64. The van der Waals surface area contributed by atoms with Crippen LogP contribution >= 0.6 is 0 Å². The predicted molar refractivity (Wildman–Crippen MR) is 173 cm³/mol. The van der Waals surface area contributed by atoms with Gasteiger partial charge in [0.1, 0.15) is 0 Å². The van der Waals surface area contributed by atoms with E-state index in [9.17, 15) is 2.74 Å². The second-order valence-corrected chi connectivity index (χ2v) is 9.09. The number of rotatable bonds is 3. The van der Waals surface area contributed by atoms with E-state index in [1.165, 1.54) is 0 Å². The largest absolute Gasteiger partial charge is 0.0636 e. The average Bonchev–Trinajstić information content (AvgIpc) is 3.21. The quantitative estimate of drug-likeness (QED) is 0.202. The second kappa shape index (κ2) is 9.22. The molecule has 0 nitrogen and oxygen atoms in total. The van der Waals surface area contributed by atoms with Gasteiger partial charge in [-0.3, -0.25) is 0 Å². The fourth-order valence-corrected chi connectivity index (χ4v) is 5.17. The highest BCUT2D eigenvalue weighted by molar-refractivity contribution is 6.23. The lowest BCUT2D eigenvalue weighted by Crippen LogP contribution is -1.92. The van der Waals surface area contributed by atoms with Gasteiger partial charge in [-0.15, -0.1) is 0 Å². The summed E-state index contributed by atoms with van der Waals surface area (Å²) in [6.45, 7) is 0. The Labute approximate surface area is 259 Å². The van der Waals surface area contributed by atoms with Crippen molar-refractivity contribution in [2.75, 3.05) is 0 Å². The van der Waals surface area contributed by atoms with Crippen LogP contribution in [0.2, 0.25) is 0 Å². The van der Waals surface area contributed by atoms with Gasteiger partial charge in [0.15, 0.2) is 0 Å². The molecule has 0 atom stereocenters. The van der Waals surface area contributed by atoms with Gasteiger partial charge in [-0.1, -0.05) is 145 Å². The number of fused-ring (bicyclic) bond motifs is 4. The molecule has 0 fully saturated rings. The summed E-state index contributed by atoms with van der Waals surface area (Å²) in [5.74, 6) is 0. The fourth-order valence-electron chi connectivity index (χ4n) is 5.17. The molecule has 0 saturated carbocycles. The Balaban J connectivity index is 1.57. The smallest absolute Gasteiger partial charge is 0.0616 e. The highest BCUT2D eigenvalue weighted by Crippen LogP contribution is 2.45. The summed E-state index contributed by atoms with van der Waals surface area (Å²) in [7, 11) is 0. The average molecular weight is 525 g/mol. The molecule has 0 spiro atoms. The van der Waals surface area contributed by atoms with E-state index >= 15 is 0 Å². The number of benzene rings is 8. The van der Waals surface area contributed by atoms with E-state index in [-0.39, 0.29) is 38.4 Å². The van der Waals surface area contributed by atoms with Crippen molar-refractivity contribution >= 4 is 43.1 Å². The lowest BCUT2D eigenvalue weighted by Gasteiger charge is -2.19. The highest BCUT2D eigenvalue weighted by atomic mass is 14.2. The first-order valence-electron chi connectivity index (χ1n) is 21.4. The maximum atomic E-state index is 9.64. The molecule has 0 heteroatoms. The zero-order valence-electron chi connectivity index (χ0n) is 38.6. The van der Waals surface area contributed by atoms with Gasteiger partial charge < -0.3 is 0 Å². The van der Waals surface area contributed by atoms with Crippen molar-refractivity contribution in [2.24, 2.45) is 0 Å². The van der Waals surface area contributed by atoms with E-state index in [1.54, 1.807) is 48.5 Å². The molecule has 0 amide bonds. The minimum Gasteiger partial charge on any atom is -0.0616 e. The molecule has 0 unspecified atom stereocenters. The molecule has 0 heterocycles. The molecule has 8 aromatic carbocycles. The summed E-state index contributed by atoms with van der Waals surface area (Å²) in [6.07, 6.45) is 0. The third-order valence-corrected chi connectivity index (χ3v) is 6.87. The molecule has 8 aromatic rings. The zero-order chi connectivity index (χ0) is 42.1. The van der Waals surface area contributed by atoms with Gasteiger partial charge in [0.25, 0.3) is 0 Å². The van der Waals surface area contributed by atoms with Crippen LogP contribution in [-0.2, 0) is 0 Å². The van der Waals surface area contributed by atoms with Crippen LogP contribution in [0.4, 0.5) is 0 Å². The molecule has 0 saturated heterocycles. The summed E-state index contributed by atoms with van der Waals surface area (Å²) in [5, 5.41) is 0.131. The molecule has 186 valence electrons. The maximum Gasteiger partial charge on any atom is 0.0636 e. The standard InChI is InChI=1S/C40H26/c1-2-13-29-25-31(24-23-27(29)11-1)30-15-9-16-32(26-30)39-35-18-5-7-20-37(35)40(38-21-8-6-19-36(38)39)34-22-10-14-28-12-3-4-17-33(28)34/h1-26H/i1D,2D,3D,4D,9D,10D,11D,12D,13D,14D,15D,16D,17D,22D,23D,24D,25D,26D. The molecule has 0 bridgehead atoms. The highest BCUT2D eigenvalue weighted by Gasteiger charge is 2.18. The zero-order valence-corrected chi connectivity index (χ0v) is 20.6. The Bertz CT molecular complexity index is 3140. The van der Waals surface area contributed by atoms with E-state index in [4.69, 9.17) is 21.9 Å². The van der Waals surface area contributed by atoms with E-state index in [2.05, 4.69) is 0 Å². The summed E-state index contributed by atoms with van der Waals surface area (Å²) in [5.41, 5.74) is -0.802. The normalized spacial score (nSPS) is 17.8. The van der Waals surface area contributed by atoms with Gasteiger partial charge in [-0.05, 0) is 88.6 Å². The third kappa shape index (κ3) is 3.61. The van der Waals surface area contributed by atoms with Crippen molar-refractivity contribution in [2.45, 2.75) is 0 Å². The van der Waals surface area contributed by atoms with Gasteiger partial charge in [-0.25, -0.2) is 0 Å².